The molecule has 1 aliphatic carbocycles. The molecule has 0 aliphatic heterocycles. The molecule has 4 aromatic rings. The van der Waals surface area contributed by atoms with Crippen molar-refractivity contribution in [2.45, 2.75) is 6.42 Å². The van der Waals surface area contributed by atoms with Crippen molar-refractivity contribution in [1.29, 1.82) is 0 Å². The number of para-hydroxylation sites is 3. The van der Waals surface area contributed by atoms with Crippen LogP contribution in [0.15, 0.2) is 97.1 Å². The van der Waals surface area contributed by atoms with E-state index in [0.29, 0.717) is 0 Å². The van der Waals surface area contributed by atoms with Gasteiger partial charge in [-0.25, -0.2) is 0 Å². The fourth-order valence-electron chi connectivity index (χ4n) is 4.16. The molecule has 0 bridgehead atoms. The highest BCUT2D eigenvalue weighted by molar-refractivity contribution is 5.85. The van der Waals surface area contributed by atoms with Gasteiger partial charge in [0.1, 0.15) is 0 Å². The zero-order valence-corrected chi connectivity index (χ0v) is 16.5. The van der Waals surface area contributed by atoms with E-state index in [4.69, 9.17) is 0 Å². The molecule has 0 unspecified atom stereocenters. The van der Waals surface area contributed by atoms with E-state index in [0.717, 1.165) is 29.1 Å². The number of rotatable bonds is 4. The monoisotopic (exact) mass is 377 g/mol. The highest BCUT2D eigenvalue weighted by atomic mass is 15.5. The van der Waals surface area contributed by atoms with E-state index in [1.54, 1.807) is 0 Å². The van der Waals surface area contributed by atoms with Gasteiger partial charge in [-0.1, -0.05) is 61.2 Å². The Hall–Kier alpha value is -3.72. The van der Waals surface area contributed by atoms with E-state index in [9.17, 15) is 0 Å². The molecule has 0 fully saturated rings. The highest BCUT2D eigenvalue weighted by Crippen LogP contribution is 2.25. The van der Waals surface area contributed by atoms with Gasteiger partial charge < -0.3 is 4.57 Å². The number of hydrogen-bond donors (Lipinski definition) is 1. The van der Waals surface area contributed by atoms with E-state index in [-0.39, 0.29) is 0 Å². The summed E-state index contributed by atoms with van der Waals surface area (Å²) >= 11 is 0. The van der Waals surface area contributed by atoms with E-state index in [1.807, 2.05) is 12.1 Å². The molecule has 5 rings (SSSR count). The number of hydrazine groups is 1. The Balaban J connectivity index is 1.73. The van der Waals surface area contributed by atoms with Gasteiger partial charge in [-0.05, 0) is 42.0 Å². The first-order valence-electron chi connectivity index (χ1n) is 9.85. The van der Waals surface area contributed by atoms with Crippen LogP contribution >= 0.6 is 0 Å². The van der Waals surface area contributed by atoms with Crippen LogP contribution in [0, 0.1) is 0 Å². The topological polar surface area (TPSA) is 20.2 Å². The highest BCUT2D eigenvalue weighted by Gasteiger charge is 2.17. The maximum atomic E-state index is 4.29. The molecule has 1 aromatic heterocycles. The SMILES string of the molecule is C=C1C=c2c(n(C)c3ccccc23)=C(NN(c2ccccc2)c2ccccc2)C1. The summed E-state index contributed by atoms with van der Waals surface area (Å²) in [5, 5.41) is 5.87. The lowest BCUT2D eigenvalue weighted by molar-refractivity contribution is 0.833. The third-order valence-electron chi connectivity index (χ3n) is 5.46. The molecule has 0 atom stereocenters. The lowest BCUT2D eigenvalue weighted by Crippen LogP contribution is -2.42. The lowest BCUT2D eigenvalue weighted by atomic mass is 10.0. The maximum absolute atomic E-state index is 4.29. The third-order valence-corrected chi connectivity index (χ3v) is 5.46. The standard InChI is InChI=1S/C26H23N3/c1-19-17-23-22-15-9-10-16-25(22)28(2)26(23)24(18-19)27-29(20-11-5-3-6-12-20)21-13-7-4-8-14-21/h3-17,27H,1,18H2,2H3. The minimum absolute atomic E-state index is 0.785. The van der Waals surface area contributed by atoms with Crippen molar-refractivity contribution >= 4 is 34.1 Å². The van der Waals surface area contributed by atoms with Gasteiger partial charge in [0.15, 0.2) is 0 Å². The molecule has 0 amide bonds. The van der Waals surface area contributed by atoms with Gasteiger partial charge >= 0.3 is 0 Å². The predicted molar refractivity (Wildman–Crippen MR) is 122 cm³/mol. The average molecular weight is 377 g/mol. The number of anilines is 2. The van der Waals surface area contributed by atoms with Crippen LogP contribution in [0.1, 0.15) is 6.42 Å². The summed E-state index contributed by atoms with van der Waals surface area (Å²) in [5.41, 5.74) is 9.40. The van der Waals surface area contributed by atoms with Crippen LogP contribution in [0.25, 0.3) is 22.7 Å². The van der Waals surface area contributed by atoms with Crippen LogP contribution < -0.4 is 21.0 Å². The van der Waals surface area contributed by atoms with Crippen molar-refractivity contribution in [3.05, 3.63) is 108 Å². The molecule has 0 radical (unpaired) electrons. The second-order valence-corrected chi connectivity index (χ2v) is 7.41. The second kappa shape index (κ2) is 7.02. The van der Waals surface area contributed by atoms with E-state index >= 15 is 0 Å². The molecular weight excluding hydrogens is 354 g/mol. The number of aromatic nitrogens is 1. The minimum atomic E-state index is 0.785. The first-order chi connectivity index (χ1) is 14.2. The molecular formula is C26H23N3. The molecule has 142 valence electrons. The smallest absolute Gasteiger partial charge is 0.0703 e. The summed E-state index contributed by atoms with van der Waals surface area (Å²) in [6, 6.07) is 29.4. The van der Waals surface area contributed by atoms with Gasteiger partial charge in [-0.2, -0.15) is 0 Å². The molecule has 1 heterocycles. The normalized spacial score (nSPS) is 13.1. The first-order valence-corrected chi connectivity index (χ1v) is 9.85. The zero-order chi connectivity index (χ0) is 19.8. The van der Waals surface area contributed by atoms with Crippen molar-refractivity contribution in [2.24, 2.45) is 7.05 Å². The first kappa shape index (κ1) is 17.4. The average Bonchev–Trinajstić information content (AvgIpc) is 3.05. The Morgan fingerprint density at radius 1 is 0.828 bits per heavy atom. The van der Waals surface area contributed by atoms with Crippen LogP contribution in [0.2, 0.25) is 0 Å². The molecule has 1 N–H and O–H groups in total. The predicted octanol–water partition coefficient (Wildman–Crippen LogP) is 4.37. The van der Waals surface area contributed by atoms with Crippen molar-refractivity contribution < 1.29 is 0 Å². The summed E-state index contributed by atoms with van der Waals surface area (Å²) < 4.78 is 2.28. The fraction of sp³-hybridized carbons (Fsp3) is 0.0769. The Morgan fingerprint density at radius 2 is 1.41 bits per heavy atom. The van der Waals surface area contributed by atoms with Crippen LogP contribution in [-0.4, -0.2) is 4.57 Å². The van der Waals surface area contributed by atoms with Crippen molar-refractivity contribution in [1.82, 2.24) is 9.99 Å². The Bertz CT molecular complexity index is 1280. The third kappa shape index (κ3) is 3.01. The lowest BCUT2D eigenvalue weighted by Gasteiger charge is -2.29. The van der Waals surface area contributed by atoms with E-state index < -0.39 is 0 Å². The molecule has 0 spiro atoms. The summed E-state index contributed by atoms with van der Waals surface area (Å²) in [6.07, 6.45) is 3.01. The van der Waals surface area contributed by atoms with E-state index in [2.05, 4.69) is 108 Å². The molecule has 3 aromatic carbocycles. The largest absolute Gasteiger partial charge is 0.342 e. The molecule has 0 saturated carbocycles. The molecule has 29 heavy (non-hydrogen) atoms. The Kier molecular flexibility index (Phi) is 4.21. The summed E-state index contributed by atoms with van der Waals surface area (Å²) in [4.78, 5) is 0. The van der Waals surface area contributed by atoms with Gasteiger partial charge in [-0.3, -0.25) is 10.4 Å². The summed E-state index contributed by atoms with van der Waals surface area (Å²) in [6.45, 7) is 4.29. The van der Waals surface area contributed by atoms with Gasteiger partial charge in [0.05, 0.1) is 22.4 Å². The molecule has 3 heteroatoms. The number of fused-ring (bicyclic) bond motifs is 3. The van der Waals surface area contributed by atoms with Gasteiger partial charge in [-0.15, -0.1) is 0 Å². The molecule has 3 nitrogen and oxygen atoms in total. The van der Waals surface area contributed by atoms with Gasteiger partial charge in [0, 0.05) is 29.6 Å². The number of nitrogens with zero attached hydrogens (tertiary/aromatic N) is 2. The Morgan fingerprint density at radius 3 is 2.07 bits per heavy atom. The van der Waals surface area contributed by atoms with Gasteiger partial charge in [0.25, 0.3) is 0 Å². The number of hydrogen-bond acceptors (Lipinski definition) is 2. The van der Waals surface area contributed by atoms with Crippen LogP contribution in [0.3, 0.4) is 0 Å². The van der Waals surface area contributed by atoms with Crippen LogP contribution in [-0.2, 0) is 7.05 Å². The number of benzene rings is 3. The second-order valence-electron chi connectivity index (χ2n) is 7.41. The molecule has 1 aliphatic rings. The molecule has 0 saturated heterocycles. The summed E-state index contributed by atoms with van der Waals surface area (Å²) in [7, 11) is 2.14. The fourth-order valence-corrected chi connectivity index (χ4v) is 4.16. The number of aryl methyl sites for hydroxylation is 1. The van der Waals surface area contributed by atoms with Gasteiger partial charge in [0.2, 0.25) is 0 Å². The van der Waals surface area contributed by atoms with Crippen LogP contribution in [0.5, 0.6) is 0 Å². The van der Waals surface area contributed by atoms with E-state index in [1.165, 1.54) is 21.5 Å². The van der Waals surface area contributed by atoms with Crippen molar-refractivity contribution in [2.75, 3.05) is 5.01 Å². The zero-order valence-electron chi connectivity index (χ0n) is 16.5. The quantitative estimate of drug-likeness (QED) is 0.533. The maximum Gasteiger partial charge on any atom is 0.0703 e. The van der Waals surface area contributed by atoms with Crippen molar-refractivity contribution in [3.63, 3.8) is 0 Å². The number of nitrogens with one attached hydrogen (secondary N) is 1. The van der Waals surface area contributed by atoms with Crippen molar-refractivity contribution in [3.8, 4) is 0 Å². The minimum Gasteiger partial charge on any atom is -0.342 e. The Labute approximate surface area is 170 Å². The van der Waals surface area contributed by atoms with Crippen LogP contribution in [0.4, 0.5) is 11.4 Å². The summed E-state index contributed by atoms with van der Waals surface area (Å²) in [5.74, 6) is 0.